The molecule has 1 N–H and O–H groups in total. The van der Waals surface area contributed by atoms with Crippen LogP contribution in [0.4, 0.5) is 10.1 Å². The summed E-state index contributed by atoms with van der Waals surface area (Å²) >= 11 is 0. The number of nitrogens with one attached hydrogen (secondary N) is 1. The van der Waals surface area contributed by atoms with Crippen molar-refractivity contribution in [2.45, 2.75) is 52.1 Å². The molecule has 2 unspecified atom stereocenters. The summed E-state index contributed by atoms with van der Waals surface area (Å²) in [6.45, 7) is 4.96. The predicted octanol–water partition coefficient (Wildman–Crippen LogP) is 5.28. The molecule has 1 saturated heterocycles. The van der Waals surface area contributed by atoms with Gasteiger partial charge in [-0.1, -0.05) is 43.3 Å². The van der Waals surface area contributed by atoms with Crippen LogP contribution in [0.1, 0.15) is 53.7 Å². The number of ether oxygens (including phenoxy) is 1. The zero-order chi connectivity index (χ0) is 27.8. The van der Waals surface area contributed by atoms with Crippen LogP contribution in [0.2, 0.25) is 0 Å². The highest BCUT2D eigenvalue weighted by Gasteiger charge is 2.31. The molecule has 0 saturated carbocycles. The minimum Gasteiger partial charge on any atom is -0.466 e. The summed E-state index contributed by atoms with van der Waals surface area (Å²) in [5.41, 5.74) is 3.82. The first-order chi connectivity index (χ1) is 18.9. The van der Waals surface area contributed by atoms with Crippen LogP contribution in [-0.4, -0.2) is 36.9 Å². The van der Waals surface area contributed by atoms with Gasteiger partial charge in [0.15, 0.2) is 5.78 Å². The largest absolute Gasteiger partial charge is 0.466 e. The lowest BCUT2D eigenvalue weighted by Crippen LogP contribution is -2.46. The number of halogens is 1. The number of ketones is 1. The normalized spacial score (nSPS) is 16.9. The average molecular weight is 531 g/mol. The van der Waals surface area contributed by atoms with Crippen LogP contribution in [0.3, 0.4) is 0 Å². The Kier molecular flexibility index (Phi) is 9.60. The van der Waals surface area contributed by atoms with E-state index in [0.29, 0.717) is 42.8 Å². The van der Waals surface area contributed by atoms with Crippen LogP contribution in [-0.2, 0) is 33.7 Å². The number of carbonyl (C=O) groups excluding carboxylic acids is 3. The SMILES string of the molecule is CCOC(=O)C1CCNC(C(=O)Cc2ccc(N(Cc3cccc(F)c3)C(=O)c3ccc(CC)cc3)cc2)C1. The van der Waals surface area contributed by atoms with Gasteiger partial charge in [0.25, 0.3) is 5.91 Å². The van der Waals surface area contributed by atoms with Gasteiger partial charge in [-0.15, -0.1) is 0 Å². The van der Waals surface area contributed by atoms with Crippen molar-refractivity contribution >= 4 is 23.3 Å². The number of benzene rings is 3. The van der Waals surface area contributed by atoms with Gasteiger partial charge in [0.1, 0.15) is 5.82 Å². The molecule has 6 nitrogen and oxygen atoms in total. The second-order valence-electron chi connectivity index (χ2n) is 9.86. The molecule has 7 heteroatoms. The molecular formula is C32H35FN2O4. The molecule has 204 valence electrons. The van der Waals surface area contributed by atoms with E-state index >= 15 is 0 Å². The highest BCUT2D eigenvalue weighted by molar-refractivity contribution is 6.06. The van der Waals surface area contributed by atoms with Gasteiger partial charge in [0.05, 0.1) is 25.1 Å². The van der Waals surface area contributed by atoms with Gasteiger partial charge in [-0.3, -0.25) is 14.4 Å². The van der Waals surface area contributed by atoms with Crippen LogP contribution >= 0.6 is 0 Å². The number of Topliss-reactive ketones (excluding diaryl/α,β-unsaturated/α-hetero) is 1. The maximum Gasteiger partial charge on any atom is 0.309 e. The summed E-state index contributed by atoms with van der Waals surface area (Å²) in [5.74, 6) is -1.05. The third-order valence-corrected chi connectivity index (χ3v) is 7.12. The molecule has 1 heterocycles. The van der Waals surface area contributed by atoms with Crippen molar-refractivity contribution < 1.29 is 23.5 Å². The van der Waals surface area contributed by atoms with Gasteiger partial charge in [-0.05, 0) is 85.8 Å². The molecule has 0 bridgehead atoms. The first-order valence-corrected chi connectivity index (χ1v) is 13.5. The monoisotopic (exact) mass is 530 g/mol. The summed E-state index contributed by atoms with van der Waals surface area (Å²) in [7, 11) is 0. The zero-order valence-electron chi connectivity index (χ0n) is 22.5. The van der Waals surface area contributed by atoms with Crippen molar-refractivity contribution in [1.82, 2.24) is 5.32 Å². The van der Waals surface area contributed by atoms with E-state index in [1.54, 1.807) is 24.0 Å². The summed E-state index contributed by atoms with van der Waals surface area (Å²) in [5, 5.41) is 3.23. The van der Waals surface area contributed by atoms with Gasteiger partial charge in [0.2, 0.25) is 0 Å². The lowest BCUT2D eigenvalue weighted by atomic mass is 9.88. The minimum atomic E-state index is -0.398. The molecular weight excluding hydrogens is 495 g/mol. The van der Waals surface area contributed by atoms with Crippen molar-refractivity contribution in [3.05, 3.63) is 101 Å². The number of hydrogen-bond donors (Lipinski definition) is 1. The Hall–Kier alpha value is -3.84. The fourth-order valence-corrected chi connectivity index (χ4v) is 4.89. The molecule has 0 radical (unpaired) electrons. The molecule has 1 fully saturated rings. The Balaban J connectivity index is 1.50. The number of aryl methyl sites for hydroxylation is 1. The standard InChI is InChI=1S/C32H35FN2O4/c1-3-22-8-12-25(13-9-22)31(37)35(21-24-6-5-7-27(33)18-24)28-14-10-23(11-15-28)19-30(36)29-20-26(16-17-34-29)32(38)39-4-2/h5-15,18,26,29,34H,3-4,16-17,19-21H2,1-2H3. The number of anilines is 1. The number of rotatable bonds is 10. The van der Waals surface area contributed by atoms with Crippen molar-refractivity contribution in [1.29, 1.82) is 0 Å². The third-order valence-electron chi connectivity index (χ3n) is 7.12. The molecule has 0 aliphatic carbocycles. The van der Waals surface area contributed by atoms with E-state index in [0.717, 1.165) is 17.5 Å². The molecule has 1 amide bonds. The molecule has 39 heavy (non-hydrogen) atoms. The quantitative estimate of drug-likeness (QED) is 0.361. The maximum absolute atomic E-state index is 13.9. The van der Waals surface area contributed by atoms with Gasteiger partial charge < -0.3 is 15.0 Å². The van der Waals surface area contributed by atoms with E-state index in [2.05, 4.69) is 12.2 Å². The molecule has 3 aromatic rings. The molecule has 0 spiro atoms. The van der Waals surface area contributed by atoms with Gasteiger partial charge in [-0.2, -0.15) is 0 Å². The Morgan fingerprint density at radius 3 is 2.33 bits per heavy atom. The van der Waals surface area contributed by atoms with Crippen molar-refractivity contribution in [3.63, 3.8) is 0 Å². The fourth-order valence-electron chi connectivity index (χ4n) is 4.89. The number of nitrogens with zero attached hydrogens (tertiary/aromatic N) is 1. The van der Waals surface area contributed by atoms with E-state index < -0.39 is 6.04 Å². The summed E-state index contributed by atoms with van der Waals surface area (Å²) in [6.07, 6.45) is 2.18. The molecule has 3 aromatic carbocycles. The zero-order valence-corrected chi connectivity index (χ0v) is 22.5. The van der Waals surface area contributed by atoms with E-state index in [1.165, 1.54) is 12.1 Å². The van der Waals surface area contributed by atoms with Crippen LogP contribution in [0, 0.1) is 11.7 Å². The van der Waals surface area contributed by atoms with Crippen LogP contribution in [0.25, 0.3) is 0 Å². The highest BCUT2D eigenvalue weighted by Crippen LogP contribution is 2.24. The lowest BCUT2D eigenvalue weighted by Gasteiger charge is -2.28. The second-order valence-corrected chi connectivity index (χ2v) is 9.86. The first kappa shape index (κ1) is 28.2. The van der Waals surface area contributed by atoms with Crippen molar-refractivity contribution in [2.75, 3.05) is 18.1 Å². The predicted molar refractivity (Wildman–Crippen MR) is 149 cm³/mol. The molecule has 2 atom stereocenters. The summed E-state index contributed by atoms with van der Waals surface area (Å²) < 4.78 is 19.0. The van der Waals surface area contributed by atoms with Crippen LogP contribution < -0.4 is 10.2 Å². The van der Waals surface area contributed by atoms with E-state index in [9.17, 15) is 18.8 Å². The summed E-state index contributed by atoms with van der Waals surface area (Å²) in [6, 6.07) is 20.6. The van der Waals surface area contributed by atoms with Crippen LogP contribution in [0.15, 0.2) is 72.8 Å². The molecule has 1 aliphatic heterocycles. The fraction of sp³-hybridized carbons (Fsp3) is 0.344. The summed E-state index contributed by atoms with van der Waals surface area (Å²) in [4.78, 5) is 40.4. The highest BCUT2D eigenvalue weighted by atomic mass is 19.1. The lowest BCUT2D eigenvalue weighted by molar-refractivity contribution is -0.149. The Morgan fingerprint density at radius 1 is 0.949 bits per heavy atom. The Morgan fingerprint density at radius 2 is 1.67 bits per heavy atom. The third kappa shape index (κ3) is 7.39. The number of carbonyl (C=O) groups is 3. The Labute approximate surface area is 229 Å². The van der Waals surface area contributed by atoms with Crippen molar-refractivity contribution in [3.8, 4) is 0 Å². The van der Waals surface area contributed by atoms with E-state index in [1.807, 2.05) is 48.5 Å². The minimum absolute atomic E-state index is 0.0143. The van der Waals surface area contributed by atoms with Gasteiger partial charge in [-0.25, -0.2) is 4.39 Å². The number of esters is 1. The van der Waals surface area contributed by atoms with Gasteiger partial charge in [0, 0.05) is 17.7 Å². The maximum atomic E-state index is 13.9. The number of amides is 1. The molecule has 4 rings (SSSR count). The van der Waals surface area contributed by atoms with Gasteiger partial charge >= 0.3 is 5.97 Å². The average Bonchev–Trinajstić information content (AvgIpc) is 2.96. The first-order valence-electron chi connectivity index (χ1n) is 13.5. The molecule has 0 aromatic heterocycles. The van der Waals surface area contributed by atoms with E-state index in [4.69, 9.17) is 4.74 Å². The number of hydrogen-bond acceptors (Lipinski definition) is 5. The van der Waals surface area contributed by atoms with Crippen LogP contribution in [0.5, 0.6) is 0 Å². The second kappa shape index (κ2) is 13.3. The Bertz CT molecular complexity index is 1290. The number of piperidine rings is 1. The molecule has 1 aliphatic rings. The van der Waals surface area contributed by atoms with E-state index in [-0.39, 0.29) is 42.4 Å². The smallest absolute Gasteiger partial charge is 0.309 e. The topological polar surface area (TPSA) is 75.7 Å². The van der Waals surface area contributed by atoms with Crippen molar-refractivity contribution in [2.24, 2.45) is 5.92 Å².